The zero-order valence-corrected chi connectivity index (χ0v) is 18.0. The largest absolute Gasteiger partial charge is 0.493 e. The van der Waals surface area contributed by atoms with E-state index in [-0.39, 0.29) is 5.91 Å². The van der Waals surface area contributed by atoms with Gasteiger partial charge in [-0.25, -0.2) is 4.68 Å². The molecule has 3 aromatic rings. The summed E-state index contributed by atoms with van der Waals surface area (Å²) >= 11 is 0. The number of hydrogen-bond acceptors (Lipinski definition) is 5. The number of ether oxygens (including phenoxy) is 2. The Morgan fingerprint density at radius 3 is 2.42 bits per heavy atom. The van der Waals surface area contributed by atoms with Gasteiger partial charge < -0.3 is 20.1 Å². The van der Waals surface area contributed by atoms with Gasteiger partial charge in [0.15, 0.2) is 11.5 Å². The molecule has 0 bridgehead atoms. The minimum Gasteiger partial charge on any atom is -0.493 e. The second-order valence-electron chi connectivity index (χ2n) is 6.83. The van der Waals surface area contributed by atoms with Gasteiger partial charge in [-0.3, -0.25) is 9.59 Å². The lowest BCUT2D eigenvalue weighted by Crippen LogP contribution is -2.44. The lowest BCUT2D eigenvalue weighted by molar-refractivity contribution is -0.122. The molecule has 2 amide bonds. The lowest BCUT2D eigenvalue weighted by atomic mass is 10.1. The summed E-state index contributed by atoms with van der Waals surface area (Å²) in [5.41, 5.74) is 2.29. The molecular weight excluding hydrogens is 396 g/mol. The quantitative estimate of drug-likeness (QED) is 0.582. The van der Waals surface area contributed by atoms with Crippen LogP contribution in [0, 0.1) is 0 Å². The molecule has 0 fully saturated rings. The van der Waals surface area contributed by atoms with Crippen LogP contribution in [0.1, 0.15) is 24.2 Å². The van der Waals surface area contributed by atoms with Crippen molar-refractivity contribution in [2.45, 2.75) is 19.9 Å². The van der Waals surface area contributed by atoms with Crippen molar-refractivity contribution < 1.29 is 19.1 Å². The Morgan fingerprint density at radius 1 is 1.06 bits per heavy atom. The Bertz CT molecular complexity index is 1060. The first-order valence-corrected chi connectivity index (χ1v) is 9.94. The van der Waals surface area contributed by atoms with Crippen LogP contribution in [0.3, 0.4) is 0 Å². The third-order valence-electron chi connectivity index (χ3n) is 4.73. The van der Waals surface area contributed by atoms with E-state index in [0.717, 1.165) is 5.69 Å². The monoisotopic (exact) mass is 422 g/mol. The lowest BCUT2D eigenvalue weighted by Gasteiger charge is -2.13. The number of benzene rings is 2. The number of para-hydroxylation sites is 1. The number of nitrogens with zero attached hydrogens (tertiary/aromatic N) is 2. The maximum absolute atomic E-state index is 13.1. The number of carbonyl (C=O) groups is 2. The molecule has 0 radical (unpaired) electrons. The van der Waals surface area contributed by atoms with Crippen LogP contribution in [0.2, 0.25) is 0 Å². The first kappa shape index (κ1) is 21.9. The van der Waals surface area contributed by atoms with Crippen molar-refractivity contribution in [3.63, 3.8) is 0 Å². The summed E-state index contributed by atoms with van der Waals surface area (Å²) in [7, 11) is 3.11. The molecule has 2 N–H and O–H groups in total. The van der Waals surface area contributed by atoms with Gasteiger partial charge in [-0.15, -0.1) is 0 Å². The van der Waals surface area contributed by atoms with E-state index >= 15 is 0 Å². The normalized spacial score (nSPS) is 11.5. The maximum Gasteiger partial charge on any atom is 0.255 e. The fourth-order valence-corrected chi connectivity index (χ4v) is 3.12. The van der Waals surface area contributed by atoms with Gasteiger partial charge in [-0.1, -0.05) is 18.2 Å². The second kappa shape index (κ2) is 9.80. The number of carbonyl (C=O) groups excluding carboxylic acids is 2. The summed E-state index contributed by atoms with van der Waals surface area (Å²) in [6, 6.07) is 14.1. The van der Waals surface area contributed by atoms with Crippen LogP contribution >= 0.6 is 0 Å². The van der Waals surface area contributed by atoms with Gasteiger partial charge in [0, 0.05) is 18.3 Å². The fraction of sp³-hybridized carbons (Fsp3) is 0.261. The highest BCUT2D eigenvalue weighted by Gasteiger charge is 2.23. The fourth-order valence-electron chi connectivity index (χ4n) is 3.12. The van der Waals surface area contributed by atoms with Crippen molar-refractivity contribution in [1.29, 1.82) is 0 Å². The van der Waals surface area contributed by atoms with Gasteiger partial charge >= 0.3 is 0 Å². The van der Waals surface area contributed by atoms with Crippen LogP contribution in [0.15, 0.2) is 54.7 Å². The summed E-state index contributed by atoms with van der Waals surface area (Å²) < 4.78 is 12.3. The van der Waals surface area contributed by atoms with Gasteiger partial charge in [-0.05, 0) is 44.2 Å². The molecule has 1 heterocycles. The van der Waals surface area contributed by atoms with Gasteiger partial charge in [0.05, 0.1) is 25.5 Å². The molecule has 0 aliphatic heterocycles. The van der Waals surface area contributed by atoms with Crippen molar-refractivity contribution in [1.82, 2.24) is 20.4 Å². The topological polar surface area (TPSA) is 94.5 Å². The average molecular weight is 422 g/mol. The molecule has 8 nitrogen and oxygen atoms in total. The molecule has 31 heavy (non-hydrogen) atoms. The van der Waals surface area contributed by atoms with Crippen molar-refractivity contribution >= 4 is 11.8 Å². The van der Waals surface area contributed by atoms with Crippen molar-refractivity contribution in [2.24, 2.45) is 0 Å². The predicted octanol–water partition coefficient (Wildman–Crippen LogP) is 2.81. The minimum atomic E-state index is -0.689. The van der Waals surface area contributed by atoms with Crippen LogP contribution in [0.25, 0.3) is 16.9 Å². The predicted molar refractivity (Wildman–Crippen MR) is 118 cm³/mol. The van der Waals surface area contributed by atoms with E-state index in [1.165, 1.54) is 0 Å². The molecular formula is C23H26N4O4. The van der Waals surface area contributed by atoms with E-state index in [1.807, 2.05) is 43.3 Å². The summed E-state index contributed by atoms with van der Waals surface area (Å²) in [5, 5.41) is 10.1. The van der Waals surface area contributed by atoms with Gasteiger partial charge in [0.25, 0.3) is 5.91 Å². The molecule has 0 aliphatic rings. The maximum atomic E-state index is 13.1. The first-order valence-electron chi connectivity index (χ1n) is 9.94. The van der Waals surface area contributed by atoms with Gasteiger partial charge in [-0.2, -0.15) is 5.10 Å². The third-order valence-corrected chi connectivity index (χ3v) is 4.73. The van der Waals surface area contributed by atoms with E-state index in [2.05, 4.69) is 15.7 Å². The Morgan fingerprint density at radius 2 is 1.77 bits per heavy atom. The highest BCUT2D eigenvalue weighted by Crippen LogP contribution is 2.33. The number of rotatable bonds is 8. The van der Waals surface area contributed by atoms with Crippen LogP contribution in [0.5, 0.6) is 11.5 Å². The molecule has 2 aromatic carbocycles. The van der Waals surface area contributed by atoms with Crippen LogP contribution in [-0.4, -0.2) is 48.4 Å². The third kappa shape index (κ3) is 4.85. The second-order valence-corrected chi connectivity index (χ2v) is 6.83. The smallest absolute Gasteiger partial charge is 0.255 e. The standard InChI is InChI=1S/C23H26N4O4/c1-5-24-22(28)15(2)25-23(29)18-14-27(17-9-7-6-8-10-17)26-21(18)16-11-12-19(30-3)20(13-16)31-4/h6-15H,5H2,1-4H3,(H,24,28)(H,25,29)/t15-/m1/s1. The van der Waals surface area contributed by atoms with Gasteiger partial charge in [0.2, 0.25) is 5.91 Å². The highest BCUT2D eigenvalue weighted by molar-refractivity contribution is 6.02. The zero-order valence-electron chi connectivity index (χ0n) is 18.0. The summed E-state index contributed by atoms with van der Waals surface area (Å²) in [5.74, 6) is 0.450. The SMILES string of the molecule is CCNC(=O)[C@@H](C)NC(=O)c1cn(-c2ccccc2)nc1-c1ccc(OC)c(OC)c1. The van der Waals surface area contributed by atoms with Crippen molar-refractivity contribution in [2.75, 3.05) is 20.8 Å². The molecule has 1 aromatic heterocycles. The number of likely N-dealkylation sites (N-methyl/N-ethyl adjacent to an activating group) is 1. The Hall–Kier alpha value is -3.81. The van der Waals surface area contributed by atoms with Crippen molar-refractivity contribution in [3.8, 4) is 28.4 Å². The molecule has 162 valence electrons. The molecule has 0 unspecified atom stereocenters. The zero-order chi connectivity index (χ0) is 22.4. The summed E-state index contributed by atoms with van der Waals surface area (Å²) in [6.45, 7) is 3.95. The Labute approximate surface area is 181 Å². The van der Waals surface area contributed by atoms with E-state index in [9.17, 15) is 9.59 Å². The summed E-state index contributed by atoms with van der Waals surface area (Å²) in [6.07, 6.45) is 1.65. The van der Waals surface area contributed by atoms with E-state index < -0.39 is 11.9 Å². The van der Waals surface area contributed by atoms with Crippen molar-refractivity contribution in [3.05, 3.63) is 60.3 Å². The number of aromatic nitrogens is 2. The molecule has 0 aliphatic carbocycles. The Balaban J connectivity index is 2.04. The Kier molecular flexibility index (Phi) is 6.92. The molecule has 3 rings (SSSR count). The number of hydrogen-bond donors (Lipinski definition) is 2. The number of amides is 2. The van der Waals surface area contributed by atoms with Crippen LogP contribution in [0.4, 0.5) is 0 Å². The van der Waals surface area contributed by atoms with Gasteiger partial charge in [0.1, 0.15) is 11.7 Å². The molecule has 0 saturated heterocycles. The minimum absolute atomic E-state index is 0.251. The van der Waals surface area contributed by atoms with E-state index in [4.69, 9.17) is 9.47 Å². The first-order chi connectivity index (χ1) is 15.0. The van der Waals surface area contributed by atoms with Crippen LogP contribution in [-0.2, 0) is 4.79 Å². The highest BCUT2D eigenvalue weighted by atomic mass is 16.5. The van der Waals surface area contributed by atoms with E-state index in [1.54, 1.807) is 44.2 Å². The average Bonchev–Trinajstić information content (AvgIpc) is 3.25. The molecule has 8 heteroatoms. The number of nitrogens with one attached hydrogen (secondary N) is 2. The summed E-state index contributed by atoms with van der Waals surface area (Å²) in [4.78, 5) is 25.1. The van der Waals surface area contributed by atoms with Crippen LogP contribution < -0.4 is 20.1 Å². The van der Waals surface area contributed by atoms with E-state index in [0.29, 0.717) is 34.9 Å². The molecule has 0 saturated carbocycles. The molecule has 1 atom stereocenters. The number of methoxy groups -OCH3 is 2. The molecule has 0 spiro atoms.